The topological polar surface area (TPSA) is 144 Å². The predicted octanol–water partition coefficient (Wildman–Crippen LogP) is 2.32. The Morgan fingerprint density at radius 1 is 1.14 bits per heavy atom. The molecule has 1 amide bonds. The predicted molar refractivity (Wildman–Crippen MR) is 120 cm³/mol. The zero-order chi connectivity index (χ0) is 25.4. The van der Waals surface area contributed by atoms with Crippen molar-refractivity contribution in [2.45, 2.75) is 18.6 Å². The van der Waals surface area contributed by atoms with Gasteiger partial charge in [-0.05, 0) is 18.2 Å². The van der Waals surface area contributed by atoms with Gasteiger partial charge in [-0.1, -0.05) is 11.2 Å². The summed E-state index contributed by atoms with van der Waals surface area (Å²) >= 11 is 0. The molecule has 1 atom stereocenters. The van der Waals surface area contributed by atoms with Gasteiger partial charge in [-0.15, -0.1) is 0 Å². The summed E-state index contributed by atoms with van der Waals surface area (Å²) in [6, 6.07) is 9.62. The van der Waals surface area contributed by atoms with Crippen LogP contribution in [0.2, 0.25) is 0 Å². The van der Waals surface area contributed by atoms with Crippen LogP contribution < -0.4 is 10.1 Å². The van der Waals surface area contributed by atoms with E-state index in [0.29, 0.717) is 29.3 Å². The Balaban J connectivity index is 1.38. The van der Waals surface area contributed by atoms with Gasteiger partial charge < -0.3 is 24.6 Å². The summed E-state index contributed by atoms with van der Waals surface area (Å²) in [4.78, 5) is 26.9. The lowest BCUT2D eigenvalue weighted by Crippen LogP contribution is -2.35. The van der Waals surface area contributed by atoms with Crippen LogP contribution >= 0.6 is 0 Å². The van der Waals surface area contributed by atoms with Gasteiger partial charge in [-0.3, -0.25) is 4.79 Å². The van der Waals surface area contributed by atoms with Crippen LogP contribution in [0, 0.1) is 0 Å². The van der Waals surface area contributed by atoms with Crippen LogP contribution in [-0.4, -0.2) is 66.0 Å². The number of nitrogens with one attached hydrogen (secondary N) is 1. The largest absolute Gasteiger partial charge is 0.417 e. The maximum Gasteiger partial charge on any atom is 0.388 e. The lowest BCUT2D eigenvalue weighted by atomic mass is 9.98. The molecule has 1 saturated heterocycles. The van der Waals surface area contributed by atoms with E-state index in [9.17, 15) is 18.7 Å². The molecule has 5 heterocycles. The average Bonchev–Trinajstić information content (AvgIpc) is 3.55. The Bertz CT molecular complexity index is 1420. The maximum atomic E-state index is 12.5. The number of aliphatic hydroxyl groups is 1. The fourth-order valence-electron chi connectivity index (χ4n) is 3.78. The third-order valence-corrected chi connectivity index (χ3v) is 5.64. The second-order valence-electron chi connectivity index (χ2n) is 8.08. The summed E-state index contributed by atoms with van der Waals surface area (Å²) in [6.45, 7) is -2.57. The van der Waals surface area contributed by atoms with Gasteiger partial charge in [0, 0.05) is 45.4 Å². The highest BCUT2D eigenvalue weighted by molar-refractivity contribution is 5.87. The normalized spacial score (nSPS) is 17.7. The standard InChI is InChI=1S/C22H20F2N8O4/c1-31-9-7-22(34,19(31)33)16-10-15(30-36-16)13-5-3-4-12(26-13)14-6-8-25-21(27-14)28-17-11-18(32(2)29-17)35-20(23)24/h3-6,8,10-11,20,34H,7,9H2,1-2H3,(H,25,27,28,29)/t22-/m1/s1. The quantitative estimate of drug-likeness (QED) is 0.389. The first-order valence-electron chi connectivity index (χ1n) is 10.7. The molecule has 0 saturated carbocycles. The van der Waals surface area contributed by atoms with Crippen molar-refractivity contribution in [1.82, 2.24) is 34.8 Å². The number of carbonyl (C=O) groups excluding carboxylic acids is 1. The summed E-state index contributed by atoms with van der Waals surface area (Å²) in [5, 5.41) is 21.7. The Hall–Kier alpha value is -4.46. The number of amides is 1. The molecule has 4 aromatic rings. The minimum atomic E-state index is -2.98. The number of rotatable bonds is 7. The lowest BCUT2D eigenvalue weighted by Gasteiger charge is -2.16. The molecule has 186 valence electrons. The van der Waals surface area contributed by atoms with Crippen molar-refractivity contribution in [3.8, 4) is 28.7 Å². The van der Waals surface area contributed by atoms with E-state index in [1.54, 1.807) is 31.3 Å². The maximum absolute atomic E-state index is 12.5. The van der Waals surface area contributed by atoms with Crippen molar-refractivity contribution in [2.75, 3.05) is 18.9 Å². The molecule has 2 N–H and O–H groups in total. The zero-order valence-corrected chi connectivity index (χ0v) is 19.1. The van der Waals surface area contributed by atoms with Crippen molar-refractivity contribution >= 4 is 17.7 Å². The molecule has 14 heteroatoms. The molecule has 4 aromatic heterocycles. The van der Waals surface area contributed by atoms with Crippen molar-refractivity contribution in [1.29, 1.82) is 0 Å². The molecule has 0 unspecified atom stereocenters. The molecular formula is C22H20F2N8O4. The third-order valence-electron chi connectivity index (χ3n) is 5.64. The number of anilines is 2. The molecule has 1 aliphatic rings. The Morgan fingerprint density at radius 3 is 2.61 bits per heavy atom. The van der Waals surface area contributed by atoms with E-state index >= 15 is 0 Å². The van der Waals surface area contributed by atoms with Gasteiger partial charge in [0.1, 0.15) is 5.69 Å². The molecule has 0 aliphatic carbocycles. The van der Waals surface area contributed by atoms with Crippen LogP contribution in [0.5, 0.6) is 5.88 Å². The van der Waals surface area contributed by atoms with E-state index in [1.165, 1.54) is 30.3 Å². The van der Waals surface area contributed by atoms with E-state index in [4.69, 9.17) is 4.52 Å². The molecule has 0 radical (unpaired) electrons. The molecule has 1 fully saturated rings. The number of likely N-dealkylation sites (tertiary alicyclic amines) is 1. The molecular weight excluding hydrogens is 478 g/mol. The van der Waals surface area contributed by atoms with Crippen molar-refractivity contribution in [3.63, 3.8) is 0 Å². The number of hydrogen-bond donors (Lipinski definition) is 2. The van der Waals surface area contributed by atoms with Crippen LogP contribution in [0.25, 0.3) is 22.8 Å². The van der Waals surface area contributed by atoms with Crippen LogP contribution in [0.15, 0.2) is 47.1 Å². The van der Waals surface area contributed by atoms with Crippen LogP contribution in [0.3, 0.4) is 0 Å². The number of ether oxygens (including phenoxy) is 1. The SMILES string of the molecule is CN1CC[C@@](O)(c2cc(-c3cccc(-c4ccnc(Nc5cc(OC(F)F)n(C)n5)n4)n3)no2)C1=O. The summed E-state index contributed by atoms with van der Waals surface area (Å²) in [7, 11) is 3.07. The number of carbonyl (C=O) groups is 1. The number of nitrogens with zero attached hydrogens (tertiary/aromatic N) is 7. The van der Waals surface area contributed by atoms with E-state index in [1.807, 2.05) is 0 Å². The number of pyridine rings is 1. The number of halogens is 2. The number of aromatic nitrogens is 6. The molecule has 1 aliphatic heterocycles. The van der Waals surface area contributed by atoms with E-state index in [0.717, 1.165) is 4.68 Å². The van der Waals surface area contributed by atoms with Gasteiger partial charge in [-0.2, -0.15) is 13.9 Å². The van der Waals surface area contributed by atoms with Gasteiger partial charge in [0.05, 0.1) is 17.1 Å². The van der Waals surface area contributed by atoms with Gasteiger partial charge in [0.2, 0.25) is 17.4 Å². The van der Waals surface area contributed by atoms with Gasteiger partial charge >= 0.3 is 6.61 Å². The molecule has 12 nitrogen and oxygen atoms in total. The minimum absolute atomic E-state index is 0.0538. The third kappa shape index (κ3) is 4.33. The van der Waals surface area contributed by atoms with Crippen molar-refractivity contribution < 1.29 is 27.9 Å². The van der Waals surface area contributed by atoms with Gasteiger partial charge in [0.15, 0.2) is 11.6 Å². The van der Waals surface area contributed by atoms with Crippen molar-refractivity contribution in [3.05, 3.63) is 48.4 Å². The second-order valence-corrected chi connectivity index (χ2v) is 8.08. The molecule has 0 spiro atoms. The average molecular weight is 498 g/mol. The zero-order valence-electron chi connectivity index (χ0n) is 19.1. The summed E-state index contributed by atoms with van der Waals surface area (Å²) in [6.07, 6.45) is 1.71. The van der Waals surface area contributed by atoms with Crippen LogP contribution in [0.1, 0.15) is 12.2 Å². The number of hydrogen-bond acceptors (Lipinski definition) is 10. The summed E-state index contributed by atoms with van der Waals surface area (Å²) in [5.74, 6) is -0.143. The molecule has 0 bridgehead atoms. The Kier molecular flexibility index (Phi) is 5.80. The highest BCUT2D eigenvalue weighted by atomic mass is 19.3. The van der Waals surface area contributed by atoms with Crippen LogP contribution in [0.4, 0.5) is 20.5 Å². The minimum Gasteiger partial charge on any atom is -0.417 e. The molecule has 36 heavy (non-hydrogen) atoms. The van der Waals surface area contributed by atoms with Gasteiger partial charge in [-0.25, -0.2) is 19.6 Å². The monoisotopic (exact) mass is 498 g/mol. The van der Waals surface area contributed by atoms with E-state index in [2.05, 4.69) is 35.3 Å². The number of alkyl halides is 2. The number of aryl methyl sites for hydroxylation is 1. The molecule has 5 rings (SSSR count). The fourth-order valence-corrected chi connectivity index (χ4v) is 3.78. The first-order valence-corrected chi connectivity index (χ1v) is 10.7. The molecule has 0 aromatic carbocycles. The van der Waals surface area contributed by atoms with Gasteiger partial charge in [0.25, 0.3) is 5.91 Å². The van der Waals surface area contributed by atoms with Crippen molar-refractivity contribution in [2.24, 2.45) is 7.05 Å². The van der Waals surface area contributed by atoms with E-state index in [-0.39, 0.29) is 29.8 Å². The Labute approximate surface area is 202 Å². The second kappa shape index (κ2) is 8.96. The fraction of sp³-hybridized carbons (Fsp3) is 0.273. The van der Waals surface area contributed by atoms with Crippen LogP contribution in [-0.2, 0) is 17.4 Å². The lowest BCUT2D eigenvalue weighted by molar-refractivity contribution is -0.144. The summed E-state index contributed by atoms with van der Waals surface area (Å²) < 4.78 is 35.9. The summed E-state index contributed by atoms with van der Waals surface area (Å²) in [5.41, 5.74) is -0.0206. The van der Waals surface area contributed by atoms with E-state index < -0.39 is 18.1 Å². The highest BCUT2D eigenvalue weighted by Crippen LogP contribution is 2.34. The number of likely N-dealkylation sites (N-methyl/N-ethyl adjacent to an activating group) is 1. The first kappa shape index (κ1) is 23.3. The first-order chi connectivity index (χ1) is 17.2. The Morgan fingerprint density at radius 2 is 1.89 bits per heavy atom. The highest BCUT2D eigenvalue weighted by Gasteiger charge is 2.48. The smallest absolute Gasteiger partial charge is 0.388 e.